The van der Waals surface area contributed by atoms with Gasteiger partial charge in [0.2, 0.25) is 0 Å². The van der Waals surface area contributed by atoms with Crippen molar-refractivity contribution in [1.29, 1.82) is 0 Å². The lowest BCUT2D eigenvalue weighted by atomic mass is 9.80. The first-order valence-electron chi connectivity index (χ1n) is 17.1. The van der Waals surface area contributed by atoms with Gasteiger partial charge in [-0.15, -0.1) is 0 Å². The van der Waals surface area contributed by atoms with Crippen LogP contribution in [-0.2, 0) is 57.0 Å². The Morgan fingerprint density at radius 1 is 0.980 bits per heavy atom. The highest BCUT2D eigenvalue weighted by Crippen LogP contribution is 2.47. The molecule has 0 aliphatic carbocycles. The molecule has 4 unspecified atom stereocenters. The molecule has 0 amide bonds. The van der Waals surface area contributed by atoms with Crippen molar-refractivity contribution in [3.05, 3.63) is 71.8 Å². The molecule has 50 heavy (non-hydrogen) atoms. The standard InChI is InChI=1S/C37H44O13/c1-6-20(2)29(45-22(4)38)31-25-17-28(39)46-26(25)18-37(49-31,36(41)42-5)50-33-30(47-34(40)23-13-9-7-10-14-23)21(3)44-27-19-43-35(48-32(27)33)24-15-11-8-12-16-24/h7-16,20-21,25-27,29-33,35H,6,17-19H2,1-5H3/t20-,21-,25-,26-,27?,29-,30-,31?,32-,33?,35?,37+/m1/s1. The van der Waals surface area contributed by atoms with Crippen LogP contribution in [0.15, 0.2) is 60.7 Å². The normalized spacial score (nSPS) is 34.7. The summed E-state index contributed by atoms with van der Waals surface area (Å²) in [6, 6.07) is 17.7. The minimum Gasteiger partial charge on any atom is -0.465 e. The van der Waals surface area contributed by atoms with Crippen molar-refractivity contribution in [2.24, 2.45) is 11.8 Å². The molecular formula is C37H44O13. The van der Waals surface area contributed by atoms with Gasteiger partial charge in [-0.25, -0.2) is 9.59 Å². The van der Waals surface area contributed by atoms with Crippen LogP contribution in [0.4, 0.5) is 0 Å². The third kappa shape index (κ3) is 7.28. The lowest BCUT2D eigenvalue weighted by Gasteiger charge is -2.52. The number of methoxy groups -OCH3 is 1. The summed E-state index contributed by atoms with van der Waals surface area (Å²) in [6.07, 6.45) is -7.86. The van der Waals surface area contributed by atoms with E-state index in [0.29, 0.717) is 12.0 Å². The van der Waals surface area contributed by atoms with Gasteiger partial charge in [-0.2, -0.15) is 0 Å². The SMILES string of the molecule is CC[C@@H](C)[C@@H](OC(C)=O)C1O[C@@](OC2[C@@H]3OC(c4ccccc4)OCC3O[C@H](C)[C@H]2OC(=O)c2ccccc2)(C(=O)OC)C[C@H]2OC(=O)C[C@@H]12. The fourth-order valence-corrected chi connectivity index (χ4v) is 7.25. The van der Waals surface area contributed by atoms with Crippen LogP contribution < -0.4 is 0 Å². The second-order valence-corrected chi connectivity index (χ2v) is 13.3. The fourth-order valence-electron chi connectivity index (χ4n) is 7.25. The highest BCUT2D eigenvalue weighted by atomic mass is 16.8. The molecule has 6 rings (SSSR count). The molecule has 13 heteroatoms. The van der Waals surface area contributed by atoms with Crippen molar-refractivity contribution in [2.45, 2.75) is 108 Å². The molecule has 13 nitrogen and oxygen atoms in total. The van der Waals surface area contributed by atoms with Crippen molar-refractivity contribution >= 4 is 23.9 Å². The lowest BCUT2D eigenvalue weighted by molar-refractivity contribution is -0.379. The summed E-state index contributed by atoms with van der Waals surface area (Å²) < 4.78 is 55.3. The maximum absolute atomic E-state index is 14.0. The molecule has 0 bridgehead atoms. The van der Waals surface area contributed by atoms with E-state index in [2.05, 4.69) is 0 Å². The minimum atomic E-state index is -2.20. The van der Waals surface area contributed by atoms with Gasteiger partial charge in [-0.3, -0.25) is 9.59 Å². The van der Waals surface area contributed by atoms with Gasteiger partial charge in [0.1, 0.15) is 36.6 Å². The number of esters is 4. The molecule has 0 radical (unpaired) electrons. The van der Waals surface area contributed by atoms with E-state index < -0.39 is 90.7 Å². The zero-order chi connectivity index (χ0) is 35.6. The first-order valence-corrected chi connectivity index (χ1v) is 17.1. The van der Waals surface area contributed by atoms with Crippen LogP contribution >= 0.6 is 0 Å². The second-order valence-electron chi connectivity index (χ2n) is 13.3. The summed E-state index contributed by atoms with van der Waals surface area (Å²) in [7, 11) is 1.19. The monoisotopic (exact) mass is 696 g/mol. The Kier molecular flexibility index (Phi) is 10.9. The summed E-state index contributed by atoms with van der Waals surface area (Å²) in [5.74, 6) is -5.56. The van der Waals surface area contributed by atoms with Gasteiger partial charge in [0.25, 0.3) is 5.79 Å². The minimum absolute atomic E-state index is 0.00366. The third-order valence-electron chi connectivity index (χ3n) is 9.92. The quantitative estimate of drug-likeness (QED) is 0.260. The highest BCUT2D eigenvalue weighted by molar-refractivity contribution is 5.89. The first kappa shape index (κ1) is 35.9. The Bertz CT molecular complexity index is 1520. The van der Waals surface area contributed by atoms with E-state index in [0.717, 1.165) is 5.56 Å². The Balaban J connectivity index is 1.41. The number of hydrogen-bond acceptors (Lipinski definition) is 13. The number of fused-ring (bicyclic) bond motifs is 2. The lowest BCUT2D eigenvalue weighted by Crippen LogP contribution is -2.68. The number of ether oxygens (including phenoxy) is 9. The number of hydrogen-bond donors (Lipinski definition) is 0. The van der Waals surface area contributed by atoms with Crippen LogP contribution in [-0.4, -0.2) is 92.2 Å². The topological polar surface area (TPSA) is 151 Å². The molecule has 4 heterocycles. The van der Waals surface area contributed by atoms with E-state index in [9.17, 15) is 19.2 Å². The van der Waals surface area contributed by atoms with Crippen LogP contribution in [0.2, 0.25) is 0 Å². The summed E-state index contributed by atoms with van der Waals surface area (Å²) in [5, 5.41) is 0. The molecule has 0 spiro atoms. The Labute approximate surface area is 290 Å². The maximum atomic E-state index is 14.0. The fraction of sp³-hybridized carbons (Fsp3) is 0.568. The average molecular weight is 697 g/mol. The van der Waals surface area contributed by atoms with E-state index in [1.54, 1.807) is 37.3 Å². The van der Waals surface area contributed by atoms with Crippen molar-refractivity contribution in [1.82, 2.24) is 0 Å². The summed E-state index contributed by atoms with van der Waals surface area (Å²) >= 11 is 0. The van der Waals surface area contributed by atoms with Crippen LogP contribution in [0.3, 0.4) is 0 Å². The predicted molar refractivity (Wildman–Crippen MR) is 172 cm³/mol. The van der Waals surface area contributed by atoms with Gasteiger partial charge in [0.05, 0.1) is 38.2 Å². The number of carbonyl (C=O) groups is 4. The third-order valence-corrected chi connectivity index (χ3v) is 9.92. The molecule has 2 aromatic rings. The van der Waals surface area contributed by atoms with Crippen LogP contribution in [0, 0.1) is 11.8 Å². The Morgan fingerprint density at radius 3 is 2.34 bits per heavy atom. The summed E-state index contributed by atoms with van der Waals surface area (Å²) in [6.45, 7) is 6.94. The van der Waals surface area contributed by atoms with Gasteiger partial charge >= 0.3 is 23.9 Å². The van der Waals surface area contributed by atoms with E-state index in [-0.39, 0.29) is 25.4 Å². The van der Waals surface area contributed by atoms with Crippen molar-refractivity contribution in [3.63, 3.8) is 0 Å². The summed E-state index contributed by atoms with van der Waals surface area (Å²) in [4.78, 5) is 52.6. The second kappa shape index (κ2) is 15.2. The molecule has 4 saturated heterocycles. The van der Waals surface area contributed by atoms with Crippen LogP contribution in [0.25, 0.3) is 0 Å². The average Bonchev–Trinajstić information content (AvgIpc) is 3.51. The molecular weight excluding hydrogens is 652 g/mol. The molecule has 270 valence electrons. The van der Waals surface area contributed by atoms with Crippen molar-refractivity contribution < 1.29 is 61.8 Å². The van der Waals surface area contributed by atoms with Gasteiger partial charge in [0.15, 0.2) is 12.4 Å². The van der Waals surface area contributed by atoms with E-state index in [1.165, 1.54) is 14.0 Å². The van der Waals surface area contributed by atoms with Crippen molar-refractivity contribution in [3.8, 4) is 0 Å². The van der Waals surface area contributed by atoms with Gasteiger partial charge < -0.3 is 42.6 Å². The molecule has 12 atom stereocenters. The highest BCUT2D eigenvalue weighted by Gasteiger charge is 2.63. The van der Waals surface area contributed by atoms with E-state index in [1.807, 2.05) is 44.2 Å². The number of rotatable bonds is 10. The zero-order valence-corrected chi connectivity index (χ0v) is 28.8. The van der Waals surface area contributed by atoms with E-state index >= 15 is 0 Å². The molecule has 4 aliphatic heterocycles. The van der Waals surface area contributed by atoms with Crippen LogP contribution in [0.5, 0.6) is 0 Å². The maximum Gasteiger partial charge on any atom is 0.366 e. The number of carbonyl (C=O) groups excluding carboxylic acids is 4. The molecule has 0 saturated carbocycles. The van der Waals surface area contributed by atoms with Crippen molar-refractivity contribution in [2.75, 3.05) is 13.7 Å². The molecule has 4 fully saturated rings. The predicted octanol–water partition coefficient (Wildman–Crippen LogP) is 4.07. The smallest absolute Gasteiger partial charge is 0.366 e. The van der Waals surface area contributed by atoms with Gasteiger partial charge in [0, 0.05) is 18.4 Å². The molecule has 0 N–H and O–H groups in total. The number of benzene rings is 2. The Morgan fingerprint density at radius 2 is 1.68 bits per heavy atom. The molecule has 4 aliphatic rings. The Hall–Kier alpha value is -3.88. The largest absolute Gasteiger partial charge is 0.465 e. The van der Waals surface area contributed by atoms with Gasteiger partial charge in [-0.1, -0.05) is 62.4 Å². The zero-order valence-electron chi connectivity index (χ0n) is 28.8. The van der Waals surface area contributed by atoms with Gasteiger partial charge in [-0.05, 0) is 31.4 Å². The van der Waals surface area contributed by atoms with E-state index in [4.69, 9.17) is 42.6 Å². The summed E-state index contributed by atoms with van der Waals surface area (Å²) in [5.41, 5.74) is 1.03. The first-order chi connectivity index (χ1) is 24.0. The molecule has 2 aromatic carbocycles. The van der Waals surface area contributed by atoms with Crippen LogP contribution in [0.1, 0.15) is 69.2 Å². The molecule has 0 aromatic heterocycles.